The third-order valence-corrected chi connectivity index (χ3v) is 4.46. The van der Waals surface area contributed by atoms with Crippen molar-refractivity contribution in [2.24, 2.45) is 0 Å². The highest BCUT2D eigenvalue weighted by Gasteiger charge is 2.13. The van der Waals surface area contributed by atoms with Gasteiger partial charge in [-0.15, -0.1) is 11.3 Å². The molecule has 0 spiro atoms. The topological polar surface area (TPSA) is 54.9 Å². The molecule has 0 saturated heterocycles. The second-order valence-electron chi connectivity index (χ2n) is 5.35. The van der Waals surface area contributed by atoms with E-state index in [1.165, 1.54) is 17.4 Å². The second kappa shape index (κ2) is 6.41. The van der Waals surface area contributed by atoms with Crippen LogP contribution in [-0.2, 0) is 0 Å². The van der Waals surface area contributed by atoms with Gasteiger partial charge in [0, 0.05) is 28.1 Å². The molecule has 25 heavy (non-hydrogen) atoms. The Kier molecular flexibility index (Phi) is 3.95. The molecule has 0 bridgehead atoms. The molecule has 0 saturated carbocycles. The highest BCUT2D eigenvalue weighted by atomic mass is 32.1. The van der Waals surface area contributed by atoms with Gasteiger partial charge in [-0.25, -0.2) is 14.4 Å². The number of hydrogen-bond acceptors (Lipinski definition) is 4. The Morgan fingerprint density at radius 1 is 1.00 bits per heavy atom. The van der Waals surface area contributed by atoms with Crippen LogP contribution in [0.2, 0.25) is 0 Å². The van der Waals surface area contributed by atoms with Gasteiger partial charge in [-0.3, -0.25) is 10.1 Å². The van der Waals surface area contributed by atoms with Crippen LogP contribution >= 0.6 is 11.3 Å². The van der Waals surface area contributed by atoms with Gasteiger partial charge < -0.3 is 0 Å². The molecule has 122 valence electrons. The van der Waals surface area contributed by atoms with Gasteiger partial charge in [0.05, 0.1) is 5.52 Å². The lowest BCUT2D eigenvalue weighted by Gasteiger charge is -2.09. The molecule has 0 aliphatic rings. The van der Waals surface area contributed by atoms with Crippen molar-refractivity contribution in [2.45, 2.75) is 0 Å². The highest BCUT2D eigenvalue weighted by Crippen LogP contribution is 2.29. The van der Waals surface area contributed by atoms with E-state index >= 15 is 0 Å². The number of nitrogens with zero attached hydrogens (tertiary/aromatic N) is 2. The zero-order chi connectivity index (χ0) is 17.2. The third kappa shape index (κ3) is 2.99. The van der Waals surface area contributed by atoms with E-state index < -0.39 is 0 Å². The zero-order valence-electron chi connectivity index (χ0n) is 12.9. The van der Waals surface area contributed by atoms with E-state index in [1.54, 1.807) is 41.9 Å². The molecule has 4 nitrogen and oxygen atoms in total. The number of anilines is 1. The maximum Gasteiger partial charge on any atom is 0.276 e. The van der Waals surface area contributed by atoms with Gasteiger partial charge in [0.15, 0.2) is 5.13 Å². The molecule has 1 amide bonds. The molecular formula is C19H12FN3OS. The molecule has 4 aromatic rings. The molecule has 0 unspecified atom stereocenters. The van der Waals surface area contributed by atoms with Crippen LogP contribution in [-0.4, -0.2) is 15.9 Å². The first-order valence-electron chi connectivity index (χ1n) is 7.58. The molecule has 2 heterocycles. The van der Waals surface area contributed by atoms with Crippen molar-refractivity contribution in [3.8, 4) is 11.1 Å². The molecule has 2 aromatic carbocycles. The number of carbonyl (C=O) groups is 1. The molecule has 0 atom stereocenters. The summed E-state index contributed by atoms with van der Waals surface area (Å²) in [5.41, 5.74) is 1.95. The Hall–Kier alpha value is -3.12. The van der Waals surface area contributed by atoms with Crippen LogP contribution in [0, 0.1) is 5.82 Å². The molecule has 4 rings (SSSR count). The Labute approximate surface area is 147 Å². The number of fused-ring (bicyclic) bond motifs is 1. The van der Waals surface area contributed by atoms with Gasteiger partial charge in [0.1, 0.15) is 11.5 Å². The summed E-state index contributed by atoms with van der Waals surface area (Å²) in [6, 6.07) is 15.5. The third-order valence-electron chi connectivity index (χ3n) is 3.77. The quantitative estimate of drug-likeness (QED) is 0.581. The van der Waals surface area contributed by atoms with Gasteiger partial charge >= 0.3 is 0 Å². The SMILES string of the molecule is O=C(Nc1nccs1)c1ccc2cccc(-c3ccccc3F)c2n1. The van der Waals surface area contributed by atoms with Crippen molar-refractivity contribution in [3.63, 3.8) is 0 Å². The van der Waals surface area contributed by atoms with E-state index in [0.717, 1.165) is 5.39 Å². The molecule has 0 fully saturated rings. The van der Waals surface area contributed by atoms with Gasteiger partial charge in [0.2, 0.25) is 0 Å². The lowest BCUT2D eigenvalue weighted by molar-refractivity contribution is 0.102. The van der Waals surface area contributed by atoms with E-state index in [9.17, 15) is 9.18 Å². The Morgan fingerprint density at radius 3 is 2.64 bits per heavy atom. The van der Waals surface area contributed by atoms with Crippen molar-refractivity contribution in [1.82, 2.24) is 9.97 Å². The van der Waals surface area contributed by atoms with E-state index in [1.807, 2.05) is 18.2 Å². The fourth-order valence-corrected chi connectivity index (χ4v) is 3.14. The van der Waals surface area contributed by atoms with Crippen LogP contribution in [0.5, 0.6) is 0 Å². The fourth-order valence-electron chi connectivity index (χ4n) is 2.62. The lowest BCUT2D eigenvalue weighted by Crippen LogP contribution is -2.13. The summed E-state index contributed by atoms with van der Waals surface area (Å²) in [7, 11) is 0. The predicted octanol–water partition coefficient (Wildman–Crippen LogP) is 4.75. The number of para-hydroxylation sites is 1. The van der Waals surface area contributed by atoms with Crippen molar-refractivity contribution < 1.29 is 9.18 Å². The summed E-state index contributed by atoms with van der Waals surface area (Å²) < 4.78 is 14.2. The maximum absolute atomic E-state index is 14.2. The average Bonchev–Trinajstić information content (AvgIpc) is 3.14. The Morgan fingerprint density at radius 2 is 1.84 bits per heavy atom. The second-order valence-corrected chi connectivity index (χ2v) is 6.24. The molecule has 2 aromatic heterocycles. The summed E-state index contributed by atoms with van der Waals surface area (Å²) in [4.78, 5) is 20.9. The first-order chi connectivity index (χ1) is 12.2. The van der Waals surface area contributed by atoms with Crippen LogP contribution in [0.25, 0.3) is 22.0 Å². The van der Waals surface area contributed by atoms with Crippen LogP contribution in [0.1, 0.15) is 10.5 Å². The molecule has 6 heteroatoms. The van der Waals surface area contributed by atoms with Gasteiger partial charge in [-0.1, -0.05) is 42.5 Å². The van der Waals surface area contributed by atoms with Crippen molar-refractivity contribution in [3.05, 3.63) is 77.7 Å². The predicted molar refractivity (Wildman–Crippen MR) is 97.2 cm³/mol. The maximum atomic E-state index is 14.2. The molecule has 0 aliphatic carbocycles. The van der Waals surface area contributed by atoms with Crippen molar-refractivity contribution in [2.75, 3.05) is 5.32 Å². The first kappa shape index (κ1) is 15.4. The summed E-state index contributed by atoms with van der Waals surface area (Å²) in [6.07, 6.45) is 1.62. The van der Waals surface area contributed by atoms with Crippen molar-refractivity contribution in [1.29, 1.82) is 0 Å². The number of pyridine rings is 1. The van der Waals surface area contributed by atoms with E-state index in [4.69, 9.17) is 0 Å². The monoisotopic (exact) mass is 349 g/mol. The average molecular weight is 349 g/mol. The summed E-state index contributed by atoms with van der Waals surface area (Å²) in [5.74, 6) is -0.672. The fraction of sp³-hybridized carbons (Fsp3) is 0. The zero-order valence-corrected chi connectivity index (χ0v) is 13.8. The number of amides is 1. The minimum Gasteiger partial charge on any atom is -0.296 e. The summed E-state index contributed by atoms with van der Waals surface area (Å²) >= 11 is 1.33. The normalized spacial score (nSPS) is 10.8. The number of halogens is 1. The van der Waals surface area contributed by atoms with E-state index in [0.29, 0.717) is 21.8 Å². The molecule has 0 aliphatic heterocycles. The Bertz CT molecular complexity index is 1060. The smallest absolute Gasteiger partial charge is 0.276 e. The molecular weight excluding hydrogens is 337 g/mol. The summed E-state index contributed by atoms with van der Waals surface area (Å²) in [5, 5.41) is 5.83. The van der Waals surface area contributed by atoms with Crippen molar-refractivity contribution >= 4 is 33.3 Å². The van der Waals surface area contributed by atoms with Gasteiger partial charge in [-0.2, -0.15) is 0 Å². The number of carbonyl (C=O) groups excluding carboxylic acids is 1. The van der Waals surface area contributed by atoms with Crippen LogP contribution in [0.4, 0.5) is 9.52 Å². The van der Waals surface area contributed by atoms with E-state index in [2.05, 4.69) is 15.3 Å². The lowest BCUT2D eigenvalue weighted by atomic mass is 10.0. The summed E-state index contributed by atoms with van der Waals surface area (Å²) in [6.45, 7) is 0. The number of nitrogens with one attached hydrogen (secondary N) is 1. The van der Waals surface area contributed by atoms with Gasteiger partial charge in [-0.05, 0) is 12.1 Å². The standard InChI is InChI=1S/C19H12FN3OS/c20-15-7-2-1-5-13(15)14-6-3-4-12-8-9-16(22-17(12)14)18(24)23-19-21-10-11-25-19/h1-11H,(H,21,23,24). The number of thiazole rings is 1. The number of aromatic nitrogens is 2. The minimum absolute atomic E-state index is 0.256. The number of rotatable bonds is 3. The molecule has 1 N–H and O–H groups in total. The largest absolute Gasteiger partial charge is 0.296 e. The highest BCUT2D eigenvalue weighted by molar-refractivity contribution is 7.13. The Balaban J connectivity index is 1.81. The number of benzene rings is 2. The van der Waals surface area contributed by atoms with Crippen LogP contribution in [0.15, 0.2) is 66.2 Å². The minimum atomic E-state index is -0.347. The first-order valence-corrected chi connectivity index (χ1v) is 8.46. The molecule has 0 radical (unpaired) electrons. The number of hydrogen-bond donors (Lipinski definition) is 1. The van der Waals surface area contributed by atoms with Crippen LogP contribution in [0.3, 0.4) is 0 Å². The van der Waals surface area contributed by atoms with Gasteiger partial charge in [0.25, 0.3) is 5.91 Å². The van der Waals surface area contributed by atoms with E-state index in [-0.39, 0.29) is 17.4 Å². The van der Waals surface area contributed by atoms with Crippen LogP contribution < -0.4 is 5.32 Å².